The van der Waals surface area contributed by atoms with E-state index in [0.717, 1.165) is 11.1 Å². The summed E-state index contributed by atoms with van der Waals surface area (Å²) in [6, 6.07) is 6.09. The van der Waals surface area contributed by atoms with Gasteiger partial charge in [0.15, 0.2) is 5.17 Å². The second-order valence-electron chi connectivity index (χ2n) is 3.75. The van der Waals surface area contributed by atoms with Gasteiger partial charge in [0, 0.05) is 0 Å². The lowest BCUT2D eigenvalue weighted by Gasteiger charge is -2.02. The molecule has 0 atom stereocenters. The van der Waals surface area contributed by atoms with Crippen molar-refractivity contribution in [3.05, 3.63) is 39.8 Å². The van der Waals surface area contributed by atoms with E-state index in [1.807, 2.05) is 32.1 Å². The first-order valence-corrected chi connectivity index (χ1v) is 5.74. The van der Waals surface area contributed by atoms with Crippen LogP contribution in [0.25, 0.3) is 6.08 Å². The van der Waals surface area contributed by atoms with Gasteiger partial charge in [-0.2, -0.15) is 0 Å². The summed E-state index contributed by atoms with van der Waals surface area (Å²) in [5, 5.41) is 10.0. The number of hydrogen-bond donors (Lipinski definition) is 2. The monoisotopic (exact) mass is 232 g/mol. The molecule has 0 bridgehead atoms. The summed E-state index contributed by atoms with van der Waals surface area (Å²) in [6.45, 7) is 4.05. The summed E-state index contributed by atoms with van der Waals surface area (Å²) >= 11 is 1.17. The average molecular weight is 232 g/mol. The van der Waals surface area contributed by atoms with Crippen LogP contribution in [-0.2, 0) is 4.79 Å². The molecule has 4 heteroatoms. The van der Waals surface area contributed by atoms with Crippen molar-refractivity contribution in [1.29, 1.82) is 5.41 Å². The molecule has 1 aliphatic heterocycles. The molecule has 16 heavy (non-hydrogen) atoms. The molecule has 1 aromatic carbocycles. The molecule has 0 radical (unpaired) electrons. The van der Waals surface area contributed by atoms with Crippen molar-refractivity contribution in [1.82, 2.24) is 5.32 Å². The van der Waals surface area contributed by atoms with Gasteiger partial charge in [-0.3, -0.25) is 10.2 Å². The van der Waals surface area contributed by atoms with Gasteiger partial charge >= 0.3 is 0 Å². The van der Waals surface area contributed by atoms with Gasteiger partial charge in [-0.05, 0) is 42.8 Å². The van der Waals surface area contributed by atoms with Crippen molar-refractivity contribution in [2.24, 2.45) is 0 Å². The molecule has 1 fully saturated rings. The average Bonchev–Trinajstić information content (AvgIpc) is 2.50. The van der Waals surface area contributed by atoms with Crippen LogP contribution in [0.4, 0.5) is 0 Å². The van der Waals surface area contributed by atoms with Crippen molar-refractivity contribution in [3.63, 3.8) is 0 Å². The molecule has 82 valence electrons. The fourth-order valence-electron chi connectivity index (χ4n) is 1.57. The van der Waals surface area contributed by atoms with E-state index < -0.39 is 0 Å². The summed E-state index contributed by atoms with van der Waals surface area (Å²) < 4.78 is 0. The third-order valence-corrected chi connectivity index (χ3v) is 3.20. The normalized spacial score (nSPS) is 18.0. The molecule has 1 amide bonds. The second-order valence-corrected chi connectivity index (χ2v) is 4.81. The Kier molecular flexibility index (Phi) is 2.83. The van der Waals surface area contributed by atoms with Crippen molar-refractivity contribution >= 4 is 28.9 Å². The topological polar surface area (TPSA) is 53.0 Å². The van der Waals surface area contributed by atoms with Gasteiger partial charge in [-0.1, -0.05) is 23.8 Å². The van der Waals surface area contributed by atoms with Gasteiger partial charge in [0.1, 0.15) is 0 Å². The largest absolute Gasteiger partial charge is 0.301 e. The number of carbonyl (C=O) groups excluding carboxylic acids is 1. The van der Waals surface area contributed by atoms with E-state index in [9.17, 15) is 4.79 Å². The molecule has 1 aromatic rings. The molecule has 1 aliphatic rings. The summed E-state index contributed by atoms with van der Waals surface area (Å²) in [4.78, 5) is 12.0. The standard InChI is InChI=1S/C12H12N2OS/c1-7-3-4-9(8(2)5-7)6-10-11(15)14-12(13)16-10/h3-6H,1-2H3,(H2,13,14,15). The molecule has 3 nitrogen and oxygen atoms in total. The highest BCUT2D eigenvalue weighted by atomic mass is 32.2. The Hall–Kier alpha value is -1.55. The first-order valence-electron chi connectivity index (χ1n) is 4.93. The van der Waals surface area contributed by atoms with Crippen LogP contribution < -0.4 is 5.32 Å². The first-order chi connectivity index (χ1) is 7.56. The van der Waals surface area contributed by atoms with Crippen LogP contribution in [0.3, 0.4) is 0 Å². The maximum absolute atomic E-state index is 11.4. The molecule has 0 spiro atoms. The lowest BCUT2D eigenvalue weighted by molar-refractivity contribution is -0.115. The van der Waals surface area contributed by atoms with Crippen LogP contribution in [0.2, 0.25) is 0 Å². The fraction of sp³-hybridized carbons (Fsp3) is 0.167. The van der Waals surface area contributed by atoms with E-state index in [2.05, 4.69) is 11.4 Å². The van der Waals surface area contributed by atoms with Gasteiger partial charge in [0.2, 0.25) is 0 Å². The lowest BCUT2D eigenvalue weighted by atomic mass is 10.1. The third-order valence-electron chi connectivity index (χ3n) is 2.37. The molecule has 0 unspecified atom stereocenters. The van der Waals surface area contributed by atoms with E-state index in [0.29, 0.717) is 4.91 Å². The number of amidine groups is 1. The minimum Gasteiger partial charge on any atom is -0.301 e. The van der Waals surface area contributed by atoms with Crippen molar-refractivity contribution in [2.45, 2.75) is 13.8 Å². The van der Waals surface area contributed by atoms with Crippen LogP contribution >= 0.6 is 11.8 Å². The maximum Gasteiger partial charge on any atom is 0.264 e. The zero-order chi connectivity index (χ0) is 11.7. The number of benzene rings is 1. The Bertz CT molecular complexity index is 506. The quantitative estimate of drug-likeness (QED) is 0.731. The SMILES string of the molecule is Cc1ccc(C=C2SC(=N)NC2=O)c(C)c1. The Balaban J connectivity index is 2.36. The fourth-order valence-corrected chi connectivity index (χ4v) is 2.26. The van der Waals surface area contributed by atoms with E-state index >= 15 is 0 Å². The molecule has 2 rings (SSSR count). The number of rotatable bonds is 1. The maximum atomic E-state index is 11.4. The Labute approximate surface area is 98.4 Å². The summed E-state index contributed by atoms with van der Waals surface area (Å²) in [7, 11) is 0. The minimum absolute atomic E-state index is 0.185. The van der Waals surface area contributed by atoms with E-state index in [4.69, 9.17) is 5.41 Å². The Morgan fingerprint density at radius 1 is 1.38 bits per heavy atom. The molecule has 1 heterocycles. The van der Waals surface area contributed by atoms with Crippen molar-refractivity contribution in [2.75, 3.05) is 0 Å². The number of nitrogens with one attached hydrogen (secondary N) is 2. The summed E-state index contributed by atoms with van der Waals surface area (Å²) in [6.07, 6.45) is 1.83. The van der Waals surface area contributed by atoms with Crippen LogP contribution in [0.1, 0.15) is 16.7 Å². The molecular formula is C12H12N2OS. The third kappa shape index (κ3) is 2.17. The molecule has 0 saturated carbocycles. The number of thioether (sulfide) groups is 1. The zero-order valence-corrected chi connectivity index (χ0v) is 9.94. The van der Waals surface area contributed by atoms with Crippen LogP contribution in [0, 0.1) is 19.3 Å². The zero-order valence-electron chi connectivity index (χ0n) is 9.13. The van der Waals surface area contributed by atoms with Gasteiger partial charge < -0.3 is 5.32 Å². The van der Waals surface area contributed by atoms with Crippen LogP contribution in [0.5, 0.6) is 0 Å². The lowest BCUT2D eigenvalue weighted by Crippen LogP contribution is -2.18. The van der Waals surface area contributed by atoms with Gasteiger partial charge in [0.25, 0.3) is 5.91 Å². The Morgan fingerprint density at radius 3 is 2.69 bits per heavy atom. The molecule has 2 N–H and O–H groups in total. The highest BCUT2D eigenvalue weighted by molar-refractivity contribution is 8.18. The van der Waals surface area contributed by atoms with E-state index in [-0.39, 0.29) is 11.1 Å². The number of carbonyl (C=O) groups is 1. The van der Waals surface area contributed by atoms with Crippen molar-refractivity contribution < 1.29 is 4.79 Å². The van der Waals surface area contributed by atoms with Gasteiger partial charge in [0.05, 0.1) is 4.91 Å². The molecule has 0 aliphatic carbocycles. The minimum atomic E-state index is -0.185. The van der Waals surface area contributed by atoms with Crippen molar-refractivity contribution in [3.8, 4) is 0 Å². The second kappa shape index (κ2) is 4.14. The smallest absolute Gasteiger partial charge is 0.264 e. The number of aryl methyl sites for hydroxylation is 2. The highest BCUT2D eigenvalue weighted by Crippen LogP contribution is 2.26. The van der Waals surface area contributed by atoms with Gasteiger partial charge in [-0.15, -0.1) is 0 Å². The summed E-state index contributed by atoms with van der Waals surface area (Å²) in [5.74, 6) is -0.185. The summed E-state index contributed by atoms with van der Waals surface area (Å²) in [5.41, 5.74) is 3.37. The predicted octanol–water partition coefficient (Wildman–Crippen LogP) is 2.44. The molecule has 1 saturated heterocycles. The van der Waals surface area contributed by atoms with E-state index in [1.165, 1.54) is 17.3 Å². The van der Waals surface area contributed by atoms with E-state index in [1.54, 1.807) is 0 Å². The highest BCUT2D eigenvalue weighted by Gasteiger charge is 2.22. The van der Waals surface area contributed by atoms with Crippen LogP contribution in [0.15, 0.2) is 23.1 Å². The Morgan fingerprint density at radius 2 is 2.12 bits per heavy atom. The molecule has 0 aromatic heterocycles. The molecular weight excluding hydrogens is 220 g/mol. The predicted molar refractivity (Wildman–Crippen MR) is 67.4 cm³/mol. The number of hydrogen-bond acceptors (Lipinski definition) is 3. The van der Waals surface area contributed by atoms with Crippen LogP contribution in [-0.4, -0.2) is 11.1 Å². The number of amides is 1. The van der Waals surface area contributed by atoms with Gasteiger partial charge in [-0.25, -0.2) is 0 Å². The first kappa shape index (κ1) is 11.0.